The molecule has 4 rings (SSSR count). The summed E-state index contributed by atoms with van der Waals surface area (Å²) in [6.45, 7) is 13.5. The minimum atomic E-state index is -0.657. The number of rotatable bonds is 11. The van der Waals surface area contributed by atoms with E-state index in [4.69, 9.17) is 10.2 Å². The first kappa shape index (κ1) is 30.9. The summed E-state index contributed by atoms with van der Waals surface area (Å²) >= 11 is 0. The van der Waals surface area contributed by atoms with E-state index in [9.17, 15) is 14.4 Å². The third kappa shape index (κ3) is 6.56. The van der Waals surface area contributed by atoms with Crippen molar-refractivity contribution in [3.05, 3.63) is 46.8 Å². The summed E-state index contributed by atoms with van der Waals surface area (Å²) in [5, 5.41) is 16.4. The molecular weight excluding hydrogens is 518 g/mol. The van der Waals surface area contributed by atoms with Gasteiger partial charge in [0.25, 0.3) is 5.91 Å². The van der Waals surface area contributed by atoms with Gasteiger partial charge in [-0.2, -0.15) is 5.10 Å². The first-order valence-electron chi connectivity index (χ1n) is 15.2. The second kappa shape index (κ2) is 13.3. The van der Waals surface area contributed by atoms with Gasteiger partial charge >= 0.3 is 0 Å². The van der Waals surface area contributed by atoms with E-state index in [0.717, 1.165) is 61.5 Å². The Kier molecular flexibility index (Phi) is 10.0. The van der Waals surface area contributed by atoms with Gasteiger partial charge in [-0.05, 0) is 69.7 Å². The summed E-state index contributed by atoms with van der Waals surface area (Å²) in [5.41, 5.74) is 3.92. The SMILES string of the molecule is CCCCN1C(=O)C(CC(C)C)CC(=O)C12CCN(Cc1c(C)nn(-c3ccc(C(=O)NCCO)cc3)c1C)CC2. The highest BCUT2D eigenvalue weighted by molar-refractivity contribution is 6.00. The fourth-order valence-electron chi connectivity index (χ4n) is 6.51. The number of aromatic nitrogens is 2. The highest BCUT2D eigenvalue weighted by atomic mass is 16.3. The Morgan fingerprint density at radius 2 is 1.83 bits per heavy atom. The van der Waals surface area contributed by atoms with E-state index < -0.39 is 5.54 Å². The van der Waals surface area contributed by atoms with Crippen molar-refractivity contribution < 1.29 is 19.5 Å². The minimum Gasteiger partial charge on any atom is -0.395 e. The van der Waals surface area contributed by atoms with Crippen molar-refractivity contribution in [3.8, 4) is 5.69 Å². The molecule has 1 atom stereocenters. The number of carbonyl (C=O) groups is 3. The number of hydrogen-bond acceptors (Lipinski definition) is 6. The standard InChI is InChI=1S/C32H47N5O4/c1-6-7-15-36-31(41)26(19-22(2)3)20-29(39)32(36)12-16-35(17-13-32)21-28-23(4)34-37(24(28)5)27-10-8-25(9-11-27)30(40)33-14-18-38/h8-11,22,26,38H,6-7,12-21H2,1-5H3,(H,33,40). The number of nitrogens with one attached hydrogen (secondary N) is 1. The van der Waals surface area contributed by atoms with E-state index in [0.29, 0.717) is 37.3 Å². The van der Waals surface area contributed by atoms with Gasteiger partial charge in [0.05, 0.1) is 18.0 Å². The first-order chi connectivity index (χ1) is 19.6. The molecule has 1 unspecified atom stereocenters. The Labute approximate surface area is 244 Å². The molecule has 3 heterocycles. The maximum Gasteiger partial charge on any atom is 0.251 e. The molecule has 0 aliphatic carbocycles. The second-order valence-electron chi connectivity index (χ2n) is 12.2. The van der Waals surface area contributed by atoms with Crippen LogP contribution in [0.3, 0.4) is 0 Å². The first-order valence-corrected chi connectivity index (χ1v) is 15.2. The van der Waals surface area contributed by atoms with Gasteiger partial charge in [0.1, 0.15) is 5.54 Å². The molecule has 0 saturated carbocycles. The molecule has 2 N–H and O–H groups in total. The number of likely N-dealkylation sites (tertiary alicyclic amines) is 2. The summed E-state index contributed by atoms with van der Waals surface area (Å²) in [6, 6.07) is 7.29. The number of aryl methyl sites for hydroxylation is 1. The fraction of sp³-hybridized carbons (Fsp3) is 0.625. The molecule has 224 valence electrons. The molecule has 2 aromatic rings. The van der Waals surface area contributed by atoms with Crippen LogP contribution in [0.4, 0.5) is 0 Å². The third-order valence-electron chi connectivity index (χ3n) is 8.85. The highest BCUT2D eigenvalue weighted by Crippen LogP contribution is 2.40. The second-order valence-corrected chi connectivity index (χ2v) is 12.2. The van der Waals surface area contributed by atoms with Crippen LogP contribution in [-0.2, 0) is 16.1 Å². The molecular formula is C32H47N5O4. The monoisotopic (exact) mass is 565 g/mol. The molecule has 1 aromatic carbocycles. The smallest absolute Gasteiger partial charge is 0.251 e. The van der Waals surface area contributed by atoms with Crippen molar-refractivity contribution in [2.45, 2.75) is 85.2 Å². The number of Topliss-reactive ketones (excluding diaryl/α,β-unsaturated/α-hetero) is 1. The number of nitrogens with zero attached hydrogens (tertiary/aromatic N) is 4. The summed E-state index contributed by atoms with van der Waals surface area (Å²) in [7, 11) is 0. The number of unbranched alkanes of at least 4 members (excludes halogenated alkanes) is 1. The van der Waals surface area contributed by atoms with E-state index in [1.807, 2.05) is 28.6 Å². The minimum absolute atomic E-state index is 0.0966. The lowest BCUT2D eigenvalue weighted by molar-refractivity contribution is -0.162. The van der Waals surface area contributed by atoms with E-state index >= 15 is 0 Å². The zero-order valence-electron chi connectivity index (χ0n) is 25.4. The number of carbonyl (C=O) groups excluding carboxylic acids is 3. The number of aliphatic hydroxyl groups is 1. The summed E-state index contributed by atoms with van der Waals surface area (Å²) in [5.74, 6) is 0.437. The Morgan fingerprint density at radius 3 is 2.44 bits per heavy atom. The average molecular weight is 566 g/mol. The van der Waals surface area contributed by atoms with Gasteiger partial charge in [0.2, 0.25) is 5.91 Å². The van der Waals surface area contributed by atoms with Gasteiger partial charge in [-0.1, -0.05) is 27.2 Å². The van der Waals surface area contributed by atoms with Gasteiger partial charge in [0, 0.05) is 61.9 Å². The van der Waals surface area contributed by atoms with Gasteiger partial charge in [-0.3, -0.25) is 19.3 Å². The van der Waals surface area contributed by atoms with Crippen molar-refractivity contribution in [3.63, 3.8) is 0 Å². The van der Waals surface area contributed by atoms with Crippen LogP contribution in [0.2, 0.25) is 0 Å². The molecule has 2 amide bonds. The molecule has 9 heteroatoms. The molecule has 9 nitrogen and oxygen atoms in total. The van der Waals surface area contributed by atoms with E-state index in [1.165, 1.54) is 0 Å². The van der Waals surface area contributed by atoms with Crippen LogP contribution in [-0.4, -0.2) is 80.6 Å². The highest BCUT2D eigenvalue weighted by Gasteiger charge is 2.52. The summed E-state index contributed by atoms with van der Waals surface area (Å²) in [6.07, 6.45) is 4.44. The fourth-order valence-corrected chi connectivity index (χ4v) is 6.51. The number of piperidine rings is 2. The molecule has 2 fully saturated rings. The Morgan fingerprint density at radius 1 is 1.15 bits per heavy atom. The van der Waals surface area contributed by atoms with Crippen LogP contribution in [0.1, 0.15) is 86.6 Å². The summed E-state index contributed by atoms with van der Waals surface area (Å²) in [4.78, 5) is 43.8. The van der Waals surface area contributed by atoms with Crippen molar-refractivity contribution in [1.82, 2.24) is 24.9 Å². The molecule has 2 aliphatic rings. The Hall–Kier alpha value is -3.04. The lowest BCUT2D eigenvalue weighted by Crippen LogP contribution is -2.66. The van der Waals surface area contributed by atoms with Gasteiger partial charge < -0.3 is 15.3 Å². The van der Waals surface area contributed by atoms with Crippen molar-refractivity contribution in [2.75, 3.05) is 32.8 Å². The molecule has 41 heavy (non-hydrogen) atoms. The average Bonchev–Trinajstić information content (AvgIpc) is 3.23. The van der Waals surface area contributed by atoms with Crippen LogP contribution in [0.15, 0.2) is 24.3 Å². The molecule has 0 bridgehead atoms. The van der Waals surface area contributed by atoms with Crippen molar-refractivity contribution in [1.29, 1.82) is 0 Å². The maximum absolute atomic E-state index is 13.7. The normalized spacial score (nSPS) is 19.4. The molecule has 1 aromatic heterocycles. The van der Waals surface area contributed by atoms with Gasteiger partial charge in [-0.25, -0.2) is 4.68 Å². The van der Waals surface area contributed by atoms with Gasteiger partial charge in [0.15, 0.2) is 5.78 Å². The number of aliphatic hydroxyl groups excluding tert-OH is 1. The maximum atomic E-state index is 13.7. The van der Waals surface area contributed by atoms with Crippen LogP contribution >= 0.6 is 0 Å². The van der Waals surface area contributed by atoms with Crippen molar-refractivity contribution >= 4 is 17.6 Å². The van der Waals surface area contributed by atoms with Crippen molar-refractivity contribution in [2.24, 2.45) is 11.8 Å². The molecule has 2 aliphatic heterocycles. The molecule has 1 spiro atoms. The topological polar surface area (TPSA) is 108 Å². The number of hydrogen-bond donors (Lipinski definition) is 2. The number of ketones is 1. The zero-order chi connectivity index (χ0) is 29.7. The lowest BCUT2D eigenvalue weighted by atomic mass is 9.72. The predicted octanol–water partition coefficient (Wildman–Crippen LogP) is 3.81. The van der Waals surface area contributed by atoms with E-state index in [1.54, 1.807) is 12.1 Å². The molecule has 2 saturated heterocycles. The number of amides is 2. The van der Waals surface area contributed by atoms with Gasteiger partial charge in [-0.15, -0.1) is 0 Å². The number of benzene rings is 1. The van der Waals surface area contributed by atoms with Crippen LogP contribution < -0.4 is 5.32 Å². The Balaban J connectivity index is 1.46. The quantitative estimate of drug-likeness (QED) is 0.429. The zero-order valence-corrected chi connectivity index (χ0v) is 25.4. The lowest BCUT2D eigenvalue weighted by Gasteiger charge is -2.52. The van der Waals surface area contributed by atoms with E-state index in [2.05, 4.69) is 37.9 Å². The Bertz CT molecular complexity index is 1230. The third-order valence-corrected chi connectivity index (χ3v) is 8.85. The van der Waals surface area contributed by atoms with Crippen LogP contribution in [0.5, 0.6) is 0 Å². The van der Waals surface area contributed by atoms with E-state index in [-0.39, 0.29) is 36.7 Å². The van der Waals surface area contributed by atoms with Crippen LogP contribution in [0, 0.1) is 25.7 Å². The summed E-state index contributed by atoms with van der Waals surface area (Å²) < 4.78 is 1.91. The molecule has 0 radical (unpaired) electrons. The largest absolute Gasteiger partial charge is 0.395 e. The van der Waals surface area contributed by atoms with Crippen LogP contribution in [0.25, 0.3) is 5.69 Å². The predicted molar refractivity (Wildman–Crippen MR) is 159 cm³/mol.